The molecule has 0 radical (unpaired) electrons. The van der Waals surface area contributed by atoms with Gasteiger partial charge in [0.1, 0.15) is 5.82 Å². The molecule has 0 bridgehead atoms. The number of carboxylic acid groups (broad SMARTS) is 1. The van der Waals surface area contributed by atoms with Crippen molar-refractivity contribution < 1.29 is 14.3 Å². The molecule has 1 N–H and O–H groups in total. The molecule has 1 amide bonds. The van der Waals surface area contributed by atoms with Gasteiger partial charge in [-0.2, -0.15) is 0 Å². The lowest BCUT2D eigenvalue weighted by Gasteiger charge is -2.45. The molecule has 1 fully saturated rings. The van der Waals surface area contributed by atoms with E-state index in [9.17, 15) is 14.3 Å². The standard InChI is InChI=1S/C17H22FNO2/c1-16(2,3)17(9-5-11-19(17)15(20)21)10-8-13-6-4-7-14(18)12-13/h4,6-8,10,12H,5,9,11H2,1-3H3,(H,20,21). The maximum absolute atomic E-state index is 13.3. The predicted octanol–water partition coefficient (Wildman–Crippen LogP) is 4.40. The van der Waals surface area contributed by atoms with Crippen molar-refractivity contribution in [3.8, 4) is 0 Å². The molecular formula is C17H22FNO2. The van der Waals surface area contributed by atoms with Crippen LogP contribution in [0.2, 0.25) is 0 Å². The molecule has 3 nitrogen and oxygen atoms in total. The second-order valence-electron chi connectivity index (χ2n) is 6.60. The molecule has 21 heavy (non-hydrogen) atoms. The number of halogens is 1. The molecule has 0 aliphatic carbocycles. The van der Waals surface area contributed by atoms with Crippen molar-refractivity contribution in [1.82, 2.24) is 4.90 Å². The van der Waals surface area contributed by atoms with Crippen LogP contribution in [0.4, 0.5) is 9.18 Å². The minimum atomic E-state index is -0.897. The van der Waals surface area contributed by atoms with E-state index in [0.29, 0.717) is 6.54 Å². The second-order valence-corrected chi connectivity index (χ2v) is 6.60. The summed E-state index contributed by atoms with van der Waals surface area (Å²) >= 11 is 0. The van der Waals surface area contributed by atoms with Crippen LogP contribution in [0.5, 0.6) is 0 Å². The van der Waals surface area contributed by atoms with E-state index in [1.54, 1.807) is 6.07 Å². The summed E-state index contributed by atoms with van der Waals surface area (Å²) in [7, 11) is 0. The van der Waals surface area contributed by atoms with Gasteiger partial charge in [0.2, 0.25) is 0 Å². The summed E-state index contributed by atoms with van der Waals surface area (Å²) in [5.41, 5.74) is -0.0347. The fourth-order valence-electron chi connectivity index (χ4n) is 3.15. The van der Waals surface area contributed by atoms with Crippen LogP contribution < -0.4 is 0 Å². The highest BCUT2D eigenvalue weighted by Crippen LogP contribution is 2.45. The van der Waals surface area contributed by atoms with Crippen LogP contribution in [0, 0.1) is 11.2 Å². The Bertz CT molecular complexity index is 562. The van der Waals surface area contributed by atoms with Gasteiger partial charge in [0.25, 0.3) is 0 Å². The monoisotopic (exact) mass is 291 g/mol. The normalized spacial score (nSPS) is 23.0. The van der Waals surface area contributed by atoms with Gasteiger partial charge in [-0.15, -0.1) is 0 Å². The topological polar surface area (TPSA) is 40.5 Å². The molecule has 0 saturated carbocycles. The quantitative estimate of drug-likeness (QED) is 0.877. The highest BCUT2D eigenvalue weighted by Gasteiger charge is 2.49. The summed E-state index contributed by atoms with van der Waals surface area (Å²) in [5, 5.41) is 9.49. The van der Waals surface area contributed by atoms with Crippen LogP contribution in [-0.2, 0) is 0 Å². The Morgan fingerprint density at radius 2 is 2.14 bits per heavy atom. The predicted molar refractivity (Wildman–Crippen MR) is 81.6 cm³/mol. The minimum Gasteiger partial charge on any atom is -0.465 e. The van der Waals surface area contributed by atoms with Crippen molar-refractivity contribution in [2.75, 3.05) is 6.54 Å². The molecule has 1 heterocycles. The van der Waals surface area contributed by atoms with Gasteiger partial charge in [-0.25, -0.2) is 9.18 Å². The Morgan fingerprint density at radius 3 is 2.71 bits per heavy atom. The maximum Gasteiger partial charge on any atom is 0.408 e. The molecular weight excluding hydrogens is 269 g/mol. The van der Waals surface area contributed by atoms with E-state index >= 15 is 0 Å². The molecule has 114 valence electrons. The Morgan fingerprint density at radius 1 is 1.43 bits per heavy atom. The van der Waals surface area contributed by atoms with E-state index in [4.69, 9.17) is 0 Å². The third-order valence-corrected chi connectivity index (χ3v) is 4.35. The number of carbonyl (C=O) groups is 1. The number of likely N-dealkylation sites (tertiary alicyclic amines) is 1. The van der Waals surface area contributed by atoms with Crippen LogP contribution in [0.25, 0.3) is 6.08 Å². The minimum absolute atomic E-state index is 0.230. The maximum atomic E-state index is 13.3. The lowest BCUT2D eigenvalue weighted by molar-refractivity contribution is 0.0646. The smallest absolute Gasteiger partial charge is 0.408 e. The zero-order chi connectivity index (χ0) is 15.7. The molecule has 1 unspecified atom stereocenters. The first-order chi connectivity index (χ1) is 9.76. The number of amides is 1. The average Bonchev–Trinajstić information content (AvgIpc) is 2.81. The Labute approximate surface area is 125 Å². The SMILES string of the molecule is CC(C)(C)C1(C=Cc2cccc(F)c2)CCCN1C(=O)O. The van der Waals surface area contributed by atoms with Crippen LogP contribution in [-0.4, -0.2) is 28.2 Å². The number of benzene rings is 1. The summed E-state index contributed by atoms with van der Waals surface area (Å²) in [5.74, 6) is -0.288. The first-order valence-corrected chi connectivity index (χ1v) is 7.22. The zero-order valence-electron chi connectivity index (χ0n) is 12.8. The van der Waals surface area contributed by atoms with E-state index in [2.05, 4.69) is 0 Å². The summed E-state index contributed by atoms with van der Waals surface area (Å²) in [6, 6.07) is 6.32. The Hall–Kier alpha value is -1.84. The van der Waals surface area contributed by atoms with Gasteiger partial charge in [0.05, 0.1) is 5.54 Å². The average molecular weight is 291 g/mol. The van der Waals surface area contributed by atoms with Crippen LogP contribution in [0.1, 0.15) is 39.2 Å². The number of hydrogen-bond acceptors (Lipinski definition) is 1. The molecule has 2 rings (SSSR count). The molecule has 1 aromatic carbocycles. The lowest BCUT2D eigenvalue weighted by atomic mass is 9.71. The highest BCUT2D eigenvalue weighted by atomic mass is 19.1. The molecule has 0 spiro atoms. The van der Waals surface area contributed by atoms with E-state index in [0.717, 1.165) is 18.4 Å². The zero-order valence-corrected chi connectivity index (χ0v) is 12.8. The van der Waals surface area contributed by atoms with Gasteiger partial charge in [0, 0.05) is 6.54 Å². The first-order valence-electron chi connectivity index (χ1n) is 7.22. The van der Waals surface area contributed by atoms with Crippen molar-refractivity contribution in [3.63, 3.8) is 0 Å². The summed E-state index contributed by atoms with van der Waals surface area (Å²) in [4.78, 5) is 13.1. The molecule has 1 aliphatic heterocycles. The molecule has 4 heteroatoms. The van der Waals surface area contributed by atoms with Crippen LogP contribution in [0.3, 0.4) is 0 Å². The van der Waals surface area contributed by atoms with Gasteiger partial charge in [0.15, 0.2) is 0 Å². The van der Waals surface area contributed by atoms with Gasteiger partial charge < -0.3 is 5.11 Å². The van der Waals surface area contributed by atoms with Crippen molar-refractivity contribution in [3.05, 3.63) is 41.7 Å². The second kappa shape index (κ2) is 5.51. The van der Waals surface area contributed by atoms with E-state index in [-0.39, 0.29) is 11.2 Å². The molecule has 1 saturated heterocycles. The van der Waals surface area contributed by atoms with E-state index < -0.39 is 11.6 Å². The van der Waals surface area contributed by atoms with Gasteiger partial charge >= 0.3 is 6.09 Å². The number of hydrogen-bond donors (Lipinski definition) is 1. The largest absolute Gasteiger partial charge is 0.465 e. The van der Waals surface area contributed by atoms with E-state index in [1.807, 2.05) is 39.0 Å². The molecule has 1 atom stereocenters. The van der Waals surface area contributed by atoms with Gasteiger partial charge in [-0.05, 0) is 36.0 Å². The Kier molecular flexibility index (Phi) is 4.08. The van der Waals surface area contributed by atoms with Gasteiger partial charge in [-0.3, -0.25) is 4.90 Å². The number of nitrogens with zero attached hydrogens (tertiary/aromatic N) is 1. The highest BCUT2D eigenvalue weighted by molar-refractivity contribution is 5.68. The van der Waals surface area contributed by atoms with Crippen LogP contribution in [0.15, 0.2) is 30.3 Å². The first kappa shape index (κ1) is 15.5. The Balaban J connectivity index is 2.40. The lowest BCUT2D eigenvalue weighted by Crippen LogP contribution is -2.53. The molecule has 1 aliphatic rings. The van der Waals surface area contributed by atoms with Crippen molar-refractivity contribution in [1.29, 1.82) is 0 Å². The fourth-order valence-corrected chi connectivity index (χ4v) is 3.15. The fraction of sp³-hybridized carbons (Fsp3) is 0.471. The van der Waals surface area contributed by atoms with Crippen molar-refractivity contribution >= 4 is 12.2 Å². The van der Waals surface area contributed by atoms with Crippen LogP contribution >= 0.6 is 0 Å². The third kappa shape index (κ3) is 2.94. The third-order valence-electron chi connectivity index (χ3n) is 4.35. The van der Waals surface area contributed by atoms with Crippen molar-refractivity contribution in [2.45, 2.75) is 39.2 Å². The molecule has 1 aromatic rings. The van der Waals surface area contributed by atoms with Gasteiger partial charge in [-0.1, -0.05) is 45.1 Å². The number of rotatable bonds is 2. The summed E-state index contributed by atoms with van der Waals surface area (Å²) < 4.78 is 13.3. The molecule has 0 aromatic heterocycles. The van der Waals surface area contributed by atoms with Crippen molar-refractivity contribution in [2.24, 2.45) is 5.41 Å². The summed E-state index contributed by atoms with van der Waals surface area (Å²) in [6.45, 7) is 6.68. The summed E-state index contributed by atoms with van der Waals surface area (Å²) in [6.07, 6.45) is 4.50. The van der Waals surface area contributed by atoms with E-state index in [1.165, 1.54) is 17.0 Å².